The number of nitrogens with zero attached hydrogens (tertiary/aromatic N) is 3. The van der Waals surface area contributed by atoms with Crippen molar-refractivity contribution in [2.75, 3.05) is 11.5 Å². The predicted octanol–water partition coefficient (Wildman–Crippen LogP) is 7.18. The molecule has 0 radical (unpaired) electrons. The number of para-hydroxylation sites is 1. The van der Waals surface area contributed by atoms with Crippen molar-refractivity contribution in [2.45, 2.75) is 0 Å². The van der Waals surface area contributed by atoms with Crippen LogP contribution in [-0.2, 0) is 4.79 Å². The smallest absolute Gasteiger partial charge is 0.271 e. The summed E-state index contributed by atoms with van der Waals surface area (Å²) in [6.45, 7) is 4.11. The monoisotopic (exact) mass is 495 g/mol. The van der Waals surface area contributed by atoms with Gasteiger partial charge in [0.05, 0.1) is 16.3 Å². The molecule has 0 bridgehead atoms. The Kier molecular flexibility index (Phi) is 6.88. The number of carbonyl (C=O) groups is 1. The number of carbonyl (C=O) groups excluding carboxylic acids is 1. The number of ether oxygens (including phenoxy) is 1. The first-order valence-corrected chi connectivity index (χ1v) is 12.6. The largest absolute Gasteiger partial charge is 0.490 e. The summed E-state index contributed by atoms with van der Waals surface area (Å²) in [5, 5.41) is 3.16. The molecule has 0 aliphatic carbocycles. The van der Waals surface area contributed by atoms with Gasteiger partial charge in [0.25, 0.3) is 5.91 Å². The number of amidine groups is 1. The molecule has 0 spiro atoms. The van der Waals surface area contributed by atoms with Crippen LogP contribution in [0, 0.1) is 0 Å². The van der Waals surface area contributed by atoms with Crippen molar-refractivity contribution in [3.63, 3.8) is 0 Å². The molecule has 0 atom stereocenters. The first kappa shape index (κ1) is 22.8. The Morgan fingerprint density at radius 1 is 0.971 bits per heavy atom. The maximum absolute atomic E-state index is 13.4. The molecule has 0 saturated carbocycles. The lowest BCUT2D eigenvalue weighted by molar-refractivity contribution is -0.113. The Morgan fingerprint density at radius 2 is 1.69 bits per heavy atom. The minimum Gasteiger partial charge on any atom is -0.490 e. The standard InChI is InChI=1S/C28H21N3O2S2/c1-2-17-33-23-15-13-20(14-16-23)18-25-26(32)31(22-11-7-4-8-12-22)28(35-25)30-27-29-24(19-34-27)21-9-5-3-6-10-21/h2-16,18-19H,1,17H2/b25-18-,30-28+. The summed E-state index contributed by atoms with van der Waals surface area (Å²) < 4.78 is 5.55. The van der Waals surface area contributed by atoms with E-state index in [4.69, 9.17) is 9.73 Å². The van der Waals surface area contributed by atoms with Crippen molar-refractivity contribution in [2.24, 2.45) is 4.99 Å². The summed E-state index contributed by atoms with van der Waals surface area (Å²) in [4.78, 5) is 25.1. The molecule has 1 amide bonds. The molecule has 0 N–H and O–H groups in total. The summed E-state index contributed by atoms with van der Waals surface area (Å²) in [5.41, 5.74) is 3.57. The van der Waals surface area contributed by atoms with Gasteiger partial charge in [-0.2, -0.15) is 4.99 Å². The average Bonchev–Trinajstić information content (AvgIpc) is 3.49. The summed E-state index contributed by atoms with van der Waals surface area (Å²) in [5.74, 6) is 0.635. The maximum atomic E-state index is 13.4. The molecule has 5 nitrogen and oxygen atoms in total. The van der Waals surface area contributed by atoms with Gasteiger partial charge in [0, 0.05) is 10.9 Å². The fourth-order valence-corrected chi connectivity index (χ4v) is 5.20. The third-order valence-corrected chi connectivity index (χ3v) is 6.82. The Bertz CT molecular complexity index is 1400. The van der Waals surface area contributed by atoms with Gasteiger partial charge < -0.3 is 4.74 Å². The van der Waals surface area contributed by atoms with Crippen LogP contribution < -0.4 is 9.64 Å². The van der Waals surface area contributed by atoms with E-state index in [1.165, 1.54) is 23.1 Å². The number of aliphatic imine (C=N–C) groups is 1. The van der Waals surface area contributed by atoms with Crippen molar-refractivity contribution in [1.29, 1.82) is 0 Å². The summed E-state index contributed by atoms with van der Waals surface area (Å²) in [6.07, 6.45) is 3.58. The third kappa shape index (κ3) is 5.26. The van der Waals surface area contributed by atoms with E-state index >= 15 is 0 Å². The Labute approximate surface area is 212 Å². The summed E-state index contributed by atoms with van der Waals surface area (Å²) >= 11 is 2.80. The van der Waals surface area contributed by atoms with E-state index in [-0.39, 0.29) is 5.91 Å². The molecule has 35 heavy (non-hydrogen) atoms. The summed E-state index contributed by atoms with van der Waals surface area (Å²) in [6, 6.07) is 27.1. The zero-order valence-corrected chi connectivity index (χ0v) is 20.3. The number of thioether (sulfide) groups is 1. The van der Waals surface area contributed by atoms with E-state index in [1.807, 2.05) is 96.4 Å². The normalized spacial score (nSPS) is 15.7. The second-order valence-corrected chi connectivity index (χ2v) is 9.38. The molecule has 1 saturated heterocycles. The van der Waals surface area contributed by atoms with Gasteiger partial charge in [-0.25, -0.2) is 4.98 Å². The zero-order chi connectivity index (χ0) is 24.0. The number of benzene rings is 3. The molecule has 3 aromatic carbocycles. The molecule has 2 heterocycles. The molecular weight excluding hydrogens is 474 g/mol. The van der Waals surface area contributed by atoms with Gasteiger partial charge in [0.1, 0.15) is 12.4 Å². The Hall–Kier alpha value is -3.94. The van der Waals surface area contributed by atoms with E-state index in [2.05, 4.69) is 11.6 Å². The SMILES string of the molecule is C=CCOc1ccc(/C=C2\S/C(=N/c3nc(-c4ccccc4)cs3)N(c3ccccc3)C2=O)cc1. The van der Waals surface area contributed by atoms with Crippen molar-refractivity contribution < 1.29 is 9.53 Å². The van der Waals surface area contributed by atoms with Gasteiger partial charge >= 0.3 is 0 Å². The second kappa shape index (κ2) is 10.5. The van der Waals surface area contributed by atoms with Gasteiger partial charge in [-0.3, -0.25) is 9.69 Å². The van der Waals surface area contributed by atoms with Crippen LogP contribution in [0.2, 0.25) is 0 Å². The lowest BCUT2D eigenvalue weighted by Gasteiger charge is -2.14. The number of rotatable bonds is 7. The fourth-order valence-electron chi connectivity index (χ4n) is 3.46. The molecule has 5 rings (SSSR count). The number of aromatic nitrogens is 1. The van der Waals surface area contributed by atoms with E-state index in [0.717, 1.165) is 28.3 Å². The molecule has 1 aliphatic rings. The predicted molar refractivity (Wildman–Crippen MR) is 146 cm³/mol. The highest BCUT2D eigenvalue weighted by Crippen LogP contribution is 2.38. The van der Waals surface area contributed by atoms with Gasteiger partial charge in [-0.05, 0) is 47.7 Å². The van der Waals surface area contributed by atoms with Crippen molar-refractivity contribution in [3.8, 4) is 17.0 Å². The van der Waals surface area contributed by atoms with E-state index in [1.54, 1.807) is 11.0 Å². The highest BCUT2D eigenvalue weighted by molar-refractivity contribution is 8.19. The fraction of sp³-hybridized carbons (Fsp3) is 0.0357. The van der Waals surface area contributed by atoms with E-state index < -0.39 is 0 Å². The number of hydrogen-bond acceptors (Lipinski definition) is 6. The van der Waals surface area contributed by atoms with Crippen LogP contribution in [-0.4, -0.2) is 22.7 Å². The average molecular weight is 496 g/mol. The van der Waals surface area contributed by atoms with Crippen LogP contribution in [0.4, 0.5) is 10.8 Å². The third-order valence-electron chi connectivity index (χ3n) is 5.12. The van der Waals surface area contributed by atoms with Gasteiger partial charge in [-0.1, -0.05) is 73.3 Å². The molecule has 1 aromatic heterocycles. The topological polar surface area (TPSA) is 54.8 Å². The molecule has 7 heteroatoms. The highest BCUT2D eigenvalue weighted by Gasteiger charge is 2.35. The molecule has 1 aliphatic heterocycles. The van der Waals surface area contributed by atoms with Crippen LogP contribution in [0.25, 0.3) is 17.3 Å². The quantitative estimate of drug-likeness (QED) is 0.201. The molecule has 4 aromatic rings. The number of amides is 1. The minimum absolute atomic E-state index is 0.119. The summed E-state index contributed by atoms with van der Waals surface area (Å²) in [7, 11) is 0. The first-order valence-electron chi connectivity index (χ1n) is 10.9. The Balaban J connectivity index is 1.46. The van der Waals surface area contributed by atoms with Gasteiger partial charge in [-0.15, -0.1) is 11.3 Å². The van der Waals surface area contributed by atoms with Gasteiger partial charge in [0.2, 0.25) is 5.13 Å². The van der Waals surface area contributed by atoms with Crippen molar-refractivity contribution in [3.05, 3.63) is 113 Å². The van der Waals surface area contributed by atoms with Crippen molar-refractivity contribution in [1.82, 2.24) is 4.98 Å². The molecular formula is C28H21N3O2S2. The molecule has 172 valence electrons. The van der Waals surface area contributed by atoms with E-state index in [0.29, 0.717) is 21.8 Å². The number of hydrogen-bond donors (Lipinski definition) is 0. The maximum Gasteiger partial charge on any atom is 0.271 e. The van der Waals surface area contributed by atoms with Crippen molar-refractivity contribution >= 4 is 51.1 Å². The Morgan fingerprint density at radius 3 is 2.40 bits per heavy atom. The van der Waals surface area contributed by atoms with Gasteiger partial charge in [0.15, 0.2) is 5.17 Å². The van der Waals surface area contributed by atoms with Crippen LogP contribution in [0.5, 0.6) is 5.75 Å². The number of anilines is 1. The minimum atomic E-state index is -0.119. The number of thiazole rings is 1. The first-order chi connectivity index (χ1) is 17.2. The van der Waals surface area contributed by atoms with Crippen LogP contribution in [0.3, 0.4) is 0 Å². The molecule has 1 fully saturated rings. The molecule has 0 unspecified atom stereocenters. The lowest BCUT2D eigenvalue weighted by Crippen LogP contribution is -2.28. The van der Waals surface area contributed by atoms with Crippen LogP contribution >= 0.6 is 23.1 Å². The lowest BCUT2D eigenvalue weighted by atomic mass is 10.2. The zero-order valence-electron chi connectivity index (χ0n) is 18.7. The van der Waals surface area contributed by atoms with Crippen LogP contribution in [0.15, 0.2) is 113 Å². The highest BCUT2D eigenvalue weighted by atomic mass is 32.2. The van der Waals surface area contributed by atoms with E-state index in [9.17, 15) is 4.79 Å². The second-order valence-electron chi connectivity index (χ2n) is 7.53. The van der Waals surface area contributed by atoms with Crippen LogP contribution in [0.1, 0.15) is 5.56 Å².